The first-order valence-corrected chi connectivity index (χ1v) is 9.48. The van der Waals surface area contributed by atoms with Gasteiger partial charge < -0.3 is 29.4 Å². The highest BCUT2D eigenvalue weighted by Crippen LogP contribution is 2.30. The average molecular weight is 413 g/mol. The molecule has 0 radical (unpaired) electrons. The fraction of sp³-hybridized carbons (Fsp3) is 0.318. The molecule has 0 aliphatic carbocycles. The molecule has 0 saturated carbocycles. The van der Waals surface area contributed by atoms with E-state index in [1.54, 1.807) is 54.6 Å². The normalized spacial score (nSPS) is 23.1. The zero-order valence-electron chi connectivity index (χ0n) is 16.3. The van der Waals surface area contributed by atoms with Crippen molar-refractivity contribution in [3.8, 4) is 0 Å². The lowest BCUT2D eigenvalue weighted by molar-refractivity contribution is -0.276. The van der Waals surface area contributed by atoms with Gasteiger partial charge in [0.2, 0.25) is 5.91 Å². The molecule has 5 atom stereocenters. The van der Waals surface area contributed by atoms with Crippen LogP contribution in [-0.4, -0.2) is 54.2 Å². The molecular weight excluding hydrogens is 390 g/mol. The SMILES string of the molecule is CC(=O)N[C@H](C=O)[C@@H](OC(=O)c1ccccc1)[C@@H]1OC(c2ccccc2)OC[C@H]1O. The largest absolute Gasteiger partial charge is 0.453 e. The summed E-state index contributed by atoms with van der Waals surface area (Å²) in [6.45, 7) is 1.13. The van der Waals surface area contributed by atoms with Crippen molar-refractivity contribution in [1.82, 2.24) is 5.32 Å². The van der Waals surface area contributed by atoms with Crippen LogP contribution in [0.25, 0.3) is 0 Å². The molecule has 8 heteroatoms. The van der Waals surface area contributed by atoms with Crippen LogP contribution >= 0.6 is 0 Å². The molecule has 1 aliphatic heterocycles. The van der Waals surface area contributed by atoms with Gasteiger partial charge in [0.05, 0.1) is 12.2 Å². The molecule has 1 aliphatic rings. The fourth-order valence-electron chi connectivity index (χ4n) is 3.17. The molecule has 0 bridgehead atoms. The van der Waals surface area contributed by atoms with E-state index >= 15 is 0 Å². The molecule has 0 aromatic heterocycles. The molecule has 1 heterocycles. The summed E-state index contributed by atoms with van der Waals surface area (Å²) in [5.41, 5.74) is 0.959. The number of rotatable bonds is 7. The summed E-state index contributed by atoms with van der Waals surface area (Å²) in [6.07, 6.45) is -3.95. The third kappa shape index (κ3) is 5.29. The Morgan fingerprint density at radius 3 is 2.37 bits per heavy atom. The molecule has 1 unspecified atom stereocenters. The minimum atomic E-state index is -1.27. The molecule has 3 rings (SSSR count). The van der Waals surface area contributed by atoms with Gasteiger partial charge in [-0.3, -0.25) is 4.79 Å². The summed E-state index contributed by atoms with van der Waals surface area (Å²) in [6, 6.07) is 16.0. The van der Waals surface area contributed by atoms with E-state index in [0.717, 1.165) is 0 Å². The zero-order valence-corrected chi connectivity index (χ0v) is 16.3. The van der Waals surface area contributed by atoms with Gasteiger partial charge in [-0.05, 0) is 12.1 Å². The van der Waals surface area contributed by atoms with Gasteiger partial charge in [0.15, 0.2) is 12.4 Å². The van der Waals surface area contributed by atoms with E-state index in [4.69, 9.17) is 14.2 Å². The van der Waals surface area contributed by atoms with Crippen LogP contribution in [0.3, 0.4) is 0 Å². The lowest BCUT2D eigenvalue weighted by Crippen LogP contribution is -2.58. The first-order chi connectivity index (χ1) is 14.5. The minimum absolute atomic E-state index is 0.102. The average Bonchev–Trinajstić information content (AvgIpc) is 2.77. The number of amides is 1. The first kappa shape index (κ1) is 21.6. The maximum absolute atomic E-state index is 12.6. The minimum Gasteiger partial charge on any atom is -0.453 e. The predicted molar refractivity (Wildman–Crippen MR) is 105 cm³/mol. The Morgan fingerprint density at radius 2 is 1.77 bits per heavy atom. The second-order valence-electron chi connectivity index (χ2n) is 6.84. The molecule has 2 aromatic rings. The van der Waals surface area contributed by atoms with E-state index in [9.17, 15) is 19.5 Å². The van der Waals surface area contributed by atoms with E-state index in [1.807, 2.05) is 6.07 Å². The van der Waals surface area contributed by atoms with E-state index in [1.165, 1.54) is 6.92 Å². The summed E-state index contributed by atoms with van der Waals surface area (Å²) in [7, 11) is 0. The van der Waals surface area contributed by atoms with Gasteiger partial charge in [0.25, 0.3) is 0 Å². The van der Waals surface area contributed by atoms with Crippen LogP contribution in [0.1, 0.15) is 29.1 Å². The number of carbonyl (C=O) groups excluding carboxylic acids is 3. The number of hydrogen-bond acceptors (Lipinski definition) is 7. The number of nitrogens with one attached hydrogen (secondary N) is 1. The van der Waals surface area contributed by atoms with Crippen LogP contribution in [0.5, 0.6) is 0 Å². The first-order valence-electron chi connectivity index (χ1n) is 9.48. The Morgan fingerprint density at radius 1 is 1.13 bits per heavy atom. The number of aliphatic hydroxyl groups is 1. The van der Waals surface area contributed by atoms with Crippen LogP contribution in [0.4, 0.5) is 0 Å². The number of benzene rings is 2. The Kier molecular flexibility index (Phi) is 7.29. The summed E-state index contributed by atoms with van der Waals surface area (Å²) in [5, 5.41) is 12.9. The highest BCUT2D eigenvalue weighted by atomic mass is 16.7. The van der Waals surface area contributed by atoms with Crippen molar-refractivity contribution in [3.63, 3.8) is 0 Å². The molecule has 2 N–H and O–H groups in total. The topological polar surface area (TPSA) is 111 Å². The van der Waals surface area contributed by atoms with Crippen molar-refractivity contribution >= 4 is 18.2 Å². The number of aldehydes is 1. The smallest absolute Gasteiger partial charge is 0.338 e. The van der Waals surface area contributed by atoms with Crippen LogP contribution in [0.2, 0.25) is 0 Å². The second kappa shape index (κ2) is 10.1. The standard InChI is InChI=1S/C22H23NO7/c1-14(25)23-17(12-24)19(29-21(27)15-8-4-2-5-9-15)20-18(26)13-28-22(30-20)16-10-6-3-7-11-16/h2-12,17-20,22,26H,13H2,1H3,(H,23,25)/t17-,18-,19-,20-,22?/m1/s1. The monoisotopic (exact) mass is 413 g/mol. The van der Waals surface area contributed by atoms with Gasteiger partial charge in [-0.25, -0.2) is 4.79 Å². The van der Waals surface area contributed by atoms with Gasteiger partial charge >= 0.3 is 5.97 Å². The zero-order chi connectivity index (χ0) is 21.5. The maximum atomic E-state index is 12.6. The van der Waals surface area contributed by atoms with Crippen molar-refractivity contribution in [1.29, 1.82) is 0 Å². The molecule has 158 valence electrons. The second-order valence-corrected chi connectivity index (χ2v) is 6.84. The van der Waals surface area contributed by atoms with Crippen LogP contribution in [0.15, 0.2) is 60.7 Å². The van der Waals surface area contributed by atoms with Crippen LogP contribution in [0, 0.1) is 0 Å². The van der Waals surface area contributed by atoms with E-state index in [0.29, 0.717) is 11.8 Å². The molecule has 2 aromatic carbocycles. The Labute approximate surface area is 173 Å². The number of hydrogen-bond donors (Lipinski definition) is 2. The van der Waals surface area contributed by atoms with E-state index in [-0.39, 0.29) is 12.2 Å². The Bertz CT molecular complexity index is 858. The molecule has 30 heavy (non-hydrogen) atoms. The lowest BCUT2D eigenvalue weighted by Gasteiger charge is -2.39. The maximum Gasteiger partial charge on any atom is 0.338 e. The van der Waals surface area contributed by atoms with Crippen molar-refractivity contribution in [2.24, 2.45) is 0 Å². The summed E-state index contributed by atoms with van der Waals surface area (Å²) >= 11 is 0. The molecule has 1 amide bonds. The van der Waals surface area contributed by atoms with Crippen molar-refractivity contribution in [2.75, 3.05) is 6.61 Å². The molecule has 1 saturated heterocycles. The number of esters is 1. The highest BCUT2D eigenvalue weighted by molar-refractivity contribution is 5.89. The molecular formula is C22H23NO7. The van der Waals surface area contributed by atoms with Gasteiger partial charge in [-0.15, -0.1) is 0 Å². The quantitative estimate of drug-likeness (QED) is 0.521. The van der Waals surface area contributed by atoms with Crippen molar-refractivity contribution in [2.45, 2.75) is 37.6 Å². The summed E-state index contributed by atoms with van der Waals surface area (Å²) in [4.78, 5) is 36.0. The van der Waals surface area contributed by atoms with Gasteiger partial charge in [-0.2, -0.15) is 0 Å². The highest BCUT2D eigenvalue weighted by Gasteiger charge is 2.43. The van der Waals surface area contributed by atoms with Crippen molar-refractivity contribution in [3.05, 3.63) is 71.8 Å². The molecule has 0 spiro atoms. The van der Waals surface area contributed by atoms with Gasteiger partial charge in [0, 0.05) is 12.5 Å². The van der Waals surface area contributed by atoms with Crippen LogP contribution < -0.4 is 5.32 Å². The predicted octanol–water partition coefficient (Wildman–Crippen LogP) is 1.39. The van der Waals surface area contributed by atoms with Crippen LogP contribution in [-0.2, 0) is 23.8 Å². The molecule has 1 fully saturated rings. The van der Waals surface area contributed by atoms with E-state index in [2.05, 4.69) is 5.32 Å². The Hall–Kier alpha value is -3.07. The number of ether oxygens (including phenoxy) is 3. The van der Waals surface area contributed by atoms with Gasteiger partial charge in [0.1, 0.15) is 24.5 Å². The Balaban J connectivity index is 1.87. The summed E-state index contributed by atoms with van der Waals surface area (Å²) in [5.74, 6) is -1.20. The fourth-order valence-corrected chi connectivity index (χ4v) is 3.17. The third-order valence-electron chi connectivity index (χ3n) is 4.60. The number of carbonyl (C=O) groups is 3. The van der Waals surface area contributed by atoms with Crippen molar-refractivity contribution < 1.29 is 33.7 Å². The van der Waals surface area contributed by atoms with Gasteiger partial charge in [-0.1, -0.05) is 48.5 Å². The van der Waals surface area contributed by atoms with E-state index < -0.39 is 42.5 Å². The lowest BCUT2D eigenvalue weighted by atomic mass is 10.00. The third-order valence-corrected chi connectivity index (χ3v) is 4.60. The number of aliphatic hydroxyl groups excluding tert-OH is 1. The summed E-state index contributed by atoms with van der Waals surface area (Å²) < 4.78 is 17.0. The molecule has 8 nitrogen and oxygen atoms in total.